The molecule has 8 nitrogen and oxygen atoms in total. The number of carbonyl (C=O) groups excluding carboxylic acids is 2. The molecule has 3 heterocycles. The van der Waals surface area contributed by atoms with Crippen molar-refractivity contribution in [1.82, 2.24) is 14.5 Å². The van der Waals surface area contributed by atoms with E-state index in [1.54, 1.807) is 18.2 Å². The van der Waals surface area contributed by atoms with E-state index in [2.05, 4.69) is 14.9 Å². The smallest absolute Gasteiger partial charge is 0.254 e. The molecule has 2 amide bonds. The number of carbonyl (C=O) groups is 2. The zero-order chi connectivity index (χ0) is 21.4. The van der Waals surface area contributed by atoms with Gasteiger partial charge in [0.05, 0.1) is 11.9 Å². The molecule has 3 aromatic rings. The molecule has 5 rings (SSSR count). The molecule has 158 valence electrons. The van der Waals surface area contributed by atoms with Crippen molar-refractivity contribution < 1.29 is 19.1 Å². The Hall–Kier alpha value is -3.81. The van der Waals surface area contributed by atoms with Crippen LogP contribution in [-0.2, 0) is 17.8 Å². The Morgan fingerprint density at radius 2 is 1.90 bits per heavy atom. The number of hydrogen-bond donors (Lipinski definition) is 1. The summed E-state index contributed by atoms with van der Waals surface area (Å²) in [7, 11) is 0. The van der Waals surface area contributed by atoms with Gasteiger partial charge in [-0.1, -0.05) is 12.1 Å². The van der Waals surface area contributed by atoms with E-state index in [0.29, 0.717) is 43.1 Å². The molecule has 2 aliphatic heterocycles. The van der Waals surface area contributed by atoms with E-state index in [0.717, 1.165) is 22.8 Å². The predicted octanol–water partition coefficient (Wildman–Crippen LogP) is 2.94. The number of rotatable bonds is 3. The van der Waals surface area contributed by atoms with Gasteiger partial charge in [-0.05, 0) is 30.3 Å². The molecule has 2 aromatic carbocycles. The molecule has 1 N–H and O–H groups in total. The van der Waals surface area contributed by atoms with E-state index in [-0.39, 0.29) is 18.6 Å². The number of nitrogens with zero attached hydrogens (tertiary/aromatic N) is 3. The Morgan fingerprint density at radius 3 is 2.77 bits per heavy atom. The first kappa shape index (κ1) is 19.2. The SMILES string of the molecule is CC(=O)Nc1cccc(-c2cnc3n2CCN(C(=O)c2ccc4c(c2)OCO4)CC3)c1. The molecule has 2 aliphatic rings. The number of imidazole rings is 1. The lowest BCUT2D eigenvalue weighted by Gasteiger charge is -2.20. The second-order valence-corrected chi connectivity index (χ2v) is 7.58. The summed E-state index contributed by atoms with van der Waals surface area (Å²) < 4.78 is 12.9. The molecule has 0 unspecified atom stereocenters. The molecule has 0 spiro atoms. The average molecular weight is 418 g/mol. The molecule has 0 saturated carbocycles. The van der Waals surface area contributed by atoms with Gasteiger partial charge in [0.25, 0.3) is 5.91 Å². The molecule has 0 saturated heterocycles. The Morgan fingerprint density at radius 1 is 1.03 bits per heavy atom. The van der Waals surface area contributed by atoms with Gasteiger partial charge in [-0.3, -0.25) is 9.59 Å². The van der Waals surface area contributed by atoms with Gasteiger partial charge in [0, 0.05) is 49.8 Å². The van der Waals surface area contributed by atoms with Gasteiger partial charge in [-0.25, -0.2) is 4.98 Å². The zero-order valence-electron chi connectivity index (χ0n) is 17.1. The van der Waals surface area contributed by atoms with Crippen LogP contribution in [0.5, 0.6) is 11.5 Å². The summed E-state index contributed by atoms with van der Waals surface area (Å²) in [4.78, 5) is 30.9. The number of ether oxygens (including phenoxy) is 2. The second kappa shape index (κ2) is 7.79. The molecule has 0 aliphatic carbocycles. The van der Waals surface area contributed by atoms with Crippen molar-refractivity contribution in [2.75, 3.05) is 25.2 Å². The van der Waals surface area contributed by atoms with Crippen LogP contribution in [0.4, 0.5) is 5.69 Å². The van der Waals surface area contributed by atoms with Gasteiger partial charge in [0.1, 0.15) is 5.82 Å². The quantitative estimate of drug-likeness (QED) is 0.707. The van der Waals surface area contributed by atoms with Gasteiger partial charge in [0.2, 0.25) is 12.7 Å². The third kappa shape index (κ3) is 3.72. The number of fused-ring (bicyclic) bond motifs is 2. The van der Waals surface area contributed by atoms with Crippen LogP contribution in [0, 0.1) is 0 Å². The summed E-state index contributed by atoms with van der Waals surface area (Å²) in [5.74, 6) is 2.08. The van der Waals surface area contributed by atoms with Crippen LogP contribution in [0.2, 0.25) is 0 Å². The van der Waals surface area contributed by atoms with E-state index < -0.39 is 0 Å². The van der Waals surface area contributed by atoms with E-state index in [9.17, 15) is 9.59 Å². The highest BCUT2D eigenvalue weighted by molar-refractivity contribution is 5.95. The molecular formula is C23H22N4O4. The maximum atomic E-state index is 13.1. The summed E-state index contributed by atoms with van der Waals surface area (Å²) in [6, 6.07) is 13.0. The molecule has 0 radical (unpaired) electrons. The van der Waals surface area contributed by atoms with Crippen molar-refractivity contribution in [1.29, 1.82) is 0 Å². The largest absolute Gasteiger partial charge is 0.454 e. The summed E-state index contributed by atoms with van der Waals surface area (Å²) in [6.45, 7) is 3.49. The monoisotopic (exact) mass is 418 g/mol. The van der Waals surface area contributed by atoms with Crippen LogP contribution >= 0.6 is 0 Å². The highest BCUT2D eigenvalue weighted by Crippen LogP contribution is 2.33. The third-order valence-electron chi connectivity index (χ3n) is 5.52. The highest BCUT2D eigenvalue weighted by Gasteiger charge is 2.24. The molecule has 0 bridgehead atoms. The zero-order valence-corrected chi connectivity index (χ0v) is 17.1. The van der Waals surface area contributed by atoms with E-state index in [4.69, 9.17) is 9.47 Å². The second-order valence-electron chi connectivity index (χ2n) is 7.58. The van der Waals surface area contributed by atoms with E-state index in [1.807, 2.05) is 35.4 Å². The van der Waals surface area contributed by atoms with Gasteiger partial charge in [0.15, 0.2) is 11.5 Å². The number of amides is 2. The van der Waals surface area contributed by atoms with Gasteiger partial charge >= 0.3 is 0 Å². The summed E-state index contributed by atoms with van der Waals surface area (Å²) >= 11 is 0. The first-order chi connectivity index (χ1) is 15.1. The number of hydrogen-bond acceptors (Lipinski definition) is 5. The Labute approximate surface area is 179 Å². The minimum atomic E-state index is -0.109. The molecule has 31 heavy (non-hydrogen) atoms. The molecular weight excluding hydrogens is 396 g/mol. The normalized spacial score (nSPS) is 14.7. The summed E-state index contributed by atoms with van der Waals surface area (Å²) in [5, 5.41) is 2.82. The lowest BCUT2D eigenvalue weighted by Crippen LogP contribution is -2.33. The first-order valence-corrected chi connectivity index (χ1v) is 10.2. The standard InChI is InChI=1S/C23H22N4O4/c1-15(28)25-18-4-2-3-16(11-18)19-13-24-22-7-8-26(9-10-27(19)22)23(29)17-5-6-20-21(12-17)31-14-30-20/h2-6,11-13H,7-10,14H2,1H3,(H,25,28). The number of nitrogens with one attached hydrogen (secondary N) is 1. The minimum Gasteiger partial charge on any atom is -0.454 e. The van der Waals surface area contributed by atoms with E-state index in [1.165, 1.54) is 6.92 Å². The van der Waals surface area contributed by atoms with Crippen molar-refractivity contribution >= 4 is 17.5 Å². The van der Waals surface area contributed by atoms with E-state index >= 15 is 0 Å². The maximum absolute atomic E-state index is 13.1. The minimum absolute atomic E-state index is 0.0294. The van der Waals surface area contributed by atoms with Crippen molar-refractivity contribution in [2.45, 2.75) is 19.9 Å². The molecule has 0 atom stereocenters. The number of aromatic nitrogens is 2. The average Bonchev–Trinajstić information content (AvgIpc) is 3.34. The van der Waals surface area contributed by atoms with Crippen molar-refractivity contribution in [3.05, 3.63) is 60.0 Å². The third-order valence-corrected chi connectivity index (χ3v) is 5.52. The molecule has 1 aromatic heterocycles. The van der Waals surface area contributed by atoms with Gasteiger partial charge < -0.3 is 24.3 Å². The van der Waals surface area contributed by atoms with Crippen molar-refractivity contribution in [3.8, 4) is 22.8 Å². The first-order valence-electron chi connectivity index (χ1n) is 10.2. The number of benzene rings is 2. The van der Waals surface area contributed by atoms with Crippen LogP contribution < -0.4 is 14.8 Å². The topological polar surface area (TPSA) is 85.7 Å². The van der Waals surface area contributed by atoms with Crippen molar-refractivity contribution in [2.24, 2.45) is 0 Å². The Kier molecular flexibility index (Phi) is 4.82. The van der Waals surface area contributed by atoms with Crippen molar-refractivity contribution in [3.63, 3.8) is 0 Å². The van der Waals surface area contributed by atoms with Gasteiger partial charge in [-0.2, -0.15) is 0 Å². The van der Waals surface area contributed by atoms with Crippen LogP contribution in [0.1, 0.15) is 23.1 Å². The Bertz CT molecular complexity index is 1170. The maximum Gasteiger partial charge on any atom is 0.254 e. The molecule has 8 heteroatoms. The predicted molar refractivity (Wildman–Crippen MR) is 114 cm³/mol. The fourth-order valence-electron chi connectivity index (χ4n) is 4.04. The fraction of sp³-hybridized carbons (Fsp3) is 0.261. The summed E-state index contributed by atoms with van der Waals surface area (Å²) in [5.41, 5.74) is 3.28. The summed E-state index contributed by atoms with van der Waals surface area (Å²) in [6.07, 6.45) is 2.53. The highest BCUT2D eigenvalue weighted by atomic mass is 16.7. The fourth-order valence-corrected chi connectivity index (χ4v) is 4.04. The van der Waals surface area contributed by atoms with Crippen LogP contribution in [0.15, 0.2) is 48.7 Å². The molecule has 0 fully saturated rings. The van der Waals surface area contributed by atoms with Crippen LogP contribution in [0.3, 0.4) is 0 Å². The lowest BCUT2D eigenvalue weighted by molar-refractivity contribution is -0.114. The number of anilines is 1. The lowest BCUT2D eigenvalue weighted by atomic mass is 10.1. The van der Waals surface area contributed by atoms with Gasteiger partial charge in [-0.15, -0.1) is 0 Å². The Balaban J connectivity index is 1.35. The van der Waals surface area contributed by atoms with Crippen LogP contribution in [-0.4, -0.2) is 46.1 Å². The van der Waals surface area contributed by atoms with Crippen LogP contribution in [0.25, 0.3) is 11.3 Å².